The normalized spacial score (nSPS) is 17.3. The number of aliphatic hydroxyl groups excluding tert-OH is 1. The summed E-state index contributed by atoms with van der Waals surface area (Å²) in [7, 11) is 0. The van der Waals surface area contributed by atoms with Crippen molar-refractivity contribution in [1.82, 2.24) is 15.5 Å². The molecule has 1 aromatic rings. The molecule has 1 aliphatic rings. The summed E-state index contributed by atoms with van der Waals surface area (Å²) >= 11 is -0.0301. The van der Waals surface area contributed by atoms with E-state index in [1.807, 2.05) is 6.20 Å². The van der Waals surface area contributed by atoms with E-state index in [1.54, 1.807) is 0 Å². The van der Waals surface area contributed by atoms with E-state index < -0.39 is 0 Å². The van der Waals surface area contributed by atoms with E-state index in [4.69, 9.17) is 0 Å². The summed E-state index contributed by atoms with van der Waals surface area (Å²) < 4.78 is 1.11. The van der Waals surface area contributed by atoms with Crippen molar-refractivity contribution in [1.29, 1.82) is 0 Å². The number of rotatable bonds is 5. The molecule has 19 heavy (non-hydrogen) atoms. The molecule has 5 nitrogen and oxygen atoms in total. The quantitative estimate of drug-likeness (QED) is 0.725. The van der Waals surface area contributed by atoms with Gasteiger partial charge in [-0.3, -0.25) is 0 Å². The molecule has 0 spiro atoms. The van der Waals surface area contributed by atoms with E-state index in [0.717, 1.165) is 35.9 Å². The van der Waals surface area contributed by atoms with Gasteiger partial charge in [0.1, 0.15) is 0 Å². The second-order valence-corrected chi connectivity index (χ2v) is 7.94. The van der Waals surface area contributed by atoms with Crippen molar-refractivity contribution in [3.8, 4) is 0 Å². The third-order valence-corrected chi connectivity index (χ3v) is 6.47. The third kappa shape index (κ3) is 4.44. The Hall–Kier alpha value is -0.642. The number of nitrogens with one attached hydrogen (secondary N) is 1. The van der Waals surface area contributed by atoms with Gasteiger partial charge in [-0.05, 0) is 0 Å². The fourth-order valence-electron chi connectivity index (χ4n) is 1.86. The minimum absolute atomic E-state index is 0.00721. The zero-order valence-electron chi connectivity index (χ0n) is 11.6. The average molecular weight is 325 g/mol. The molecule has 1 aliphatic heterocycles. The maximum absolute atomic E-state index is 9.29. The van der Waals surface area contributed by atoms with Crippen molar-refractivity contribution < 1.29 is 5.11 Å². The van der Waals surface area contributed by atoms with Gasteiger partial charge in [0.15, 0.2) is 0 Å². The Bertz CT molecular complexity index is 407. The molecule has 1 fully saturated rings. The van der Waals surface area contributed by atoms with Crippen LogP contribution in [0, 0.1) is 5.41 Å². The van der Waals surface area contributed by atoms with Gasteiger partial charge in [0.2, 0.25) is 0 Å². The topological polar surface area (TPSA) is 61.3 Å². The van der Waals surface area contributed by atoms with E-state index in [-0.39, 0.29) is 27.8 Å². The van der Waals surface area contributed by atoms with Gasteiger partial charge in [-0.15, -0.1) is 0 Å². The molecule has 2 rings (SSSR count). The Kier molecular flexibility index (Phi) is 5.19. The van der Waals surface area contributed by atoms with Gasteiger partial charge < -0.3 is 0 Å². The summed E-state index contributed by atoms with van der Waals surface area (Å²) in [5, 5.41) is 22.0. The molecule has 1 radical (unpaired) electrons. The molecule has 2 heterocycles. The number of anilines is 1. The molecule has 105 valence electrons. The predicted molar refractivity (Wildman–Crippen MR) is 78.2 cm³/mol. The van der Waals surface area contributed by atoms with E-state index in [0.29, 0.717) is 0 Å². The zero-order chi connectivity index (χ0) is 13.7. The number of aliphatic hydroxyl groups is 1. The molecule has 1 saturated heterocycles. The number of nitrogens with zero attached hydrogens (tertiary/aromatic N) is 3. The first-order valence-electron chi connectivity index (χ1n) is 6.67. The molecule has 0 bridgehead atoms. The molecule has 2 N–H and O–H groups in total. The summed E-state index contributed by atoms with van der Waals surface area (Å²) in [5.41, 5.74) is 1.18. The molecule has 0 saturated carbocycles. The maximum atomic E-state index is 9.29. The van der Waals surface area contributed by atoms with Crippen molar-refractivity contribution in [3.63, 3.8) is 0 Å². The second-order valence-electron chi connectivity index (χ2n) is 5.65. The summed E-state index contributed by atoms with van der Waals surface area (Å²) in [6.07, 6.45) is 1.85. The summed E-state index contributed by atoms with van der Waals surface area (Å²) in [5.74, 6) is 0. The van der Waals surface area contributed by atoms with Crippen LogP contribution < -0.4 is 14.7 Å². The van der Waals surface area contributed by atoms with E-state index in [2.05, 4.69) is 40.3 Å². The first-order valence-corrected chi connectivity index (χ1v) is 8.94. The van der Waals surface area contributed by atoms with Crippen molar-refractivity contribution in [2.24, 2.45) is 5.41 Å². The van der Waals surface area contributed by atoms with Crippen LogP contribution in [-0.4, -0.2) is 63.8 Å². The molecule has 6 heteroatoms. The minimum atomic E-state index is -0.0301. The fourth-order valence-corrected chi connectivity index (χ4v) is 4.02. The molecule has 1 aromatic heterocycles. The molecule has 0 aromatic carbocycles. The van der Waals surface area contributed by atoms with Crippen LogP contribution >= 0.6 is 0 Å². The first kappa shape index (κ1) is 14.8. The monoisotopic (exact) mass is 325 g/mol. The van der Waals surface area contributed by atoms with E-state index >= 15 is 0 Å². The molecular formula is C13H22AsN4O. The van der Waals surface area contributed by atoms with Crippen LogP contribution in [0.5, 0.6) is 0 Å². The summed E-state index contributed by atoms with van der Waals surface area (Å²) in [6.45, 7) is 8.54. The van der Waals surface area contributed by atoms with Gasteiger partial charge in [-0.1, -0.05) is 0 Å². The van der Waals surface area contributed by atoms with Gasteiger partial charge in [0.05, 0.1) is 0 Å². The van der Waals surface area contributed by atoms with Gasteiger partial charge in [-0.2, -0.15) is 0 Å². The zero-order valence-corrected chi connectivity index (χ0v) is 13.5. The number of hydrogen-bond acceptors (Lipinski definition) is 5. The van der Waals surface area contributed by atoms with Crippen LogP contribution in [0.3, 0.4) is 0 Å². The van der Waals surface area contributed by atoms with Crippen molar-refractivity contribution >= 4 is 25.9 Å². The Morgan fingerprint density at radius 2 is 2.16 bits per heavy atom. The van der Waals surface area contributed by atoms with E-state index in [1.165, 1.54) is 5.69 Å². The van der Waals surface area contributed by atoms with Crippen molar-refractivity contribution in [3.05, 3.63) is 12.3 Å². The van der Waals surface area contributed by atoms with Crippen LogP contribution in [-0.2, 0) is 0 Å². The third-order valence-electron chi connectivity index (χ3n) is 3.21. The number of piperazine rings is 1. The van der Waals surface area contributed by atoms with Crippen LogP contribution in [0.15, 0.2) is 12.3 Å². The summed E-state index contributed by atoms with van der Waals surface area (Å²) in [4.78, 5) is 2.35. The first-order chi connectivity index (χ1) is 9.11. The Morgan fingerprint density at radius 3 is 2.84 bits per heavy atom. The van der Waals surface area contributed by atoms with Gasteiger partial charge in [0, 0.05) is 0 Å². The molecule has 0 unspecified atom stereocenters. The fraction of sp³-hybridized carbons (Fsp3) is 0.692. The van der Waals surface area contributed by atoms with Crippen LogP contribution in [0.1, 0.15) is 13.8 Å². The van der Waals surface area contributed by atoms with Gasteiger partial charge >= 0.3 is 121 Å². The Labute approximate surface area is 121 Å². The predicted octanol–water partition coefficient (Wildman–Crippen LogP) is -0.347. The van der Waals surface area contributed by atoms with Crippen LogP contribution in [0.2, 0.25) is 5.21 Å². The van der Waals surface area contributed by atoms with E-state index in [9.17, 15) is 5.11 Å². The molecule has 0 aliphatic carbocycles. The van der Waals surface area contributed by atoms with Crippen LogP contribution in [0.4, 0.5) is 5.69 Å². The Balaban J connectivity index is 1.98. The number of aromatic nitrogens is 2. The van der Waals surface area contributed by atoms with Gasteiger partial charge in [-0.25, -0.2) is 0 Å². The molecule has 0 amide bonds. The standard InChI is InChI=1S/C13H22AsN4O/c1-13(2,10-19)9-14-12-7-11(8-16-17-12)18-5-3-15-4-6-18/h7-8,15,19H,3-6,9-10H2,1-2H3. The number of hydrogen-bond donors (Lipinski definition) is 2. The van der Waals surface area contributed by atoms with Gasteiger partial charge in [0.25, 0.3) is 0 Å². The van der Waals surface area contributed by atoms with Crippen LogP contribution in [0.25, 0.3) is 0 Å². The SMILES string of the molecule is CC(C)(CO)C[As]c1cc(N2CCNCC2)cnn1. The summed E-state index contributed by atoms with van der Waals surface area (Å²) in [6, 6.07) is 2.17. The average Bonchev–Trinajstić information content (AvgIpc) is 2.47. The molecular weight excluding hydrogens is 303 g/mol. The Morgan fingerprint density at radius 1 is 1.42 bits per heavy atom. The van der Waals surface area contributed by atoms with Crippen molar-refractivity contribution in [2.45, 2.75) is 19.1 Å². The molecule has 0 atom stereocenters. The second kappa shape index (κ2) is 6.69. The van der Waals surface area contributed by atoms with Crippen molar-refractivity contribution in [2.75, 3.05) is 37.7 Å².